The van der Waals surface area contributed by atoms with Gasteiger partial charge >= 0.3 is 0 Å². The molecule has 1 N–H and O–H groups in total. The van der Waals surface area contributed by atoms with Gasteiger partial charge in [-0.3, -0.25) is 4.79 Å². The van der Waals surface area contributed by atoms with Crippen LogP contribution in [0.15, 0.2) is 12.2 Å². The molecule has 1 heterocycles. The smallest absolute Gasteiger partial charge is 0.222 e. The van der Waals surface area contributed by atoms with Crippen LogP contribution < -0.4 is 5.32 Å². The van der Waals surface area contributed by atoms with E-state index >= 15 is 0 Å². The molecule has 16 heavy (non-hydrogen) atoms. The van der Waals surface area contributed by atoms with E-state index in [1.54, 1.807) is 0 Å². The van der Waals surface area contributed by atoms with Gasteiger partial charge in [0, 0.05) is 31.6 Å². The van der Waals surface area contributed by atoms with Crippen LogP contribution in [0, 0.1) is 0 Å². The molecule has 3 nitrogen and oxygen atoms in total. The fraction of sp³-hybridized carbons (Fsp3) is 0.769. The topological polar surface area (TPSA) is 32.3 Å². The fourth-order valence-corrected chi connectivity index (χ4v) is 2.61. The first kappa shape index (κ1) is 11.6. The number of rotatable bonds is 3. The van der Waals surface area contributed by atoms with Crippen LogP contribution >= 0.6 is 0 Å². The molecule has 0 radical (unpaired) electrons. The summed E-state index contributed by atoms with van der Waals surface area (Å²) in [6.07, 6.45) is 9.73. The maximum absolute atomic E-state index is 11.5. The average molecular weight is 222 g/mol. The van der Waals surface area contributed by atoms with Crippen molar-refractivity contribution >= 4 is 5.91 Å². The molecule has 0 aromatic heterocycles. The van der Waals surface area contributed by atoms with Gasteiger partial charge in [-0.15, -0.1) is 0 Å². The number of hydrogen-bond donors (Lipinski definition) is 1. The molecule has 0 spiro atoms. The van der Waals surface area contributed by atoms with Crippen LogP contribution in [0.1, 0.15) is 39.0 Å². The summed E-state index contributed by atoms with van der Waals surface area (Å²) < 4.78 is 0. The Morgan fingerprint density at radius 3 is 2.44 bits per heavy atom. The Hall–Kier alpha value is -0.830. The Labute approximate surface area is 97.9 Å². The molecular formula is C13H22N2O. The lowest BCUT2D eigenvalue weighted by Crippen LogP contribution is -2.47. The molecule has 90 valence electrons. The molecule has 3 heteroatoms. The highest BCUT2D eigenvalue weighted by Gasteiger charge is 2.23. The number of piperidine rings is 1. The first-order valence-electron chi connectivity index (χ1n) is 6.48. The molecule has 1 fully saturated rings. The number of nitrogens with one attached hydrogen (secondary N) is 1. The molecule has 0 unspecified atom stereocenters. The Morgan fingerprint density at radius 1 is 1.25 bits per heavy atom. The van der Waals surface area contributed by atoms with Crippen molar-refractivity contribution in [1.82, 2.24) is 10.2 Å². The van der Waals surface area contributed by atoms with E-state index in [1.165, 1.54) is 12.8 Å². The second kappa shape index (κ2) is 5.48. The zero-order valence-electron chi connectivity index (χ0n) is 10.1. The Balaban J connectivity index is 1.70. The highest BCUT2D eigenvalue weighted by Crippen LogP contribution is 2.16. The summed E-state index contributed by atoms with van der Waals surface area (Å²) in [6.45, 7) is 3.81. The lowest BCUT2D eigenvalue weighted by atomic mass is 10.0. The van der Waals surface area contributed by atoms with Crippen LogP contribution in [0.5, 0.6) is 0 Å². The standard InChI is InChI=1S/C13H22N2O/c1-2-13(16)15-9-7-12(8-10-15)14-11-5-3-4-6-11/h3-4,11-12,14H,2,5-10H2,1H3. The van der Waals surface area contributed by atoms with E-state index in [2.05, 4.69) is 17.5 Å². The van der Waals surface area contributed by atoms with E-state index in [-0.39, 0.29) is 0 Å². The fourth-order valence-electron chi connectivity index (χ4n) is 2.61. The minimum atomic E-state index is 0.306. The van der Waals surface area contributed by atoms with E-state index in [4.69, 9.17) is 0 Å². The average Bonchev–Trinajstić information content (AvgIpc) is 2.82. The minimum Gasteiger partial charge on any atom is -0.343 e. The van der Waals surface area contributed by atoms with Gasteiger partial charge in [-0.2, -0.15) is 0 Å². The molecule has 2 rings (SSSR count). The van der Waals surface area contributed by atoms with E-state index in [0.717, 1.165) is 25.9 Å². The van der Waals surface area contributed by atoms with Crippen LogP contribution in [-0.2, 0) is 4.79 Å². The summed E-state index contributed by atoms with van der Waals surface area (Å²) in [7, 11) is 0. The Kier molecular flexibility index (Phi) is 3.99. The molecule has 1 amide bonds. The lowest BCUT2D eigenvalue weighted by molar-refractivity contribution is -0.131. The molecule has 1 aliphatic carbocycles. The third-order valence-electron chi connectivity index (χ3n) is 3.63. The van der Waals surface area contributed by atoms with E-state index in [1.807, 2.05) is 11.8 Å². The maximum atomic E-state index is 11.5. The van der Waals surface area contributed by atoms with E-state index < -0.39 is 0 Å². The maximum Gasteiger partial charge on any atom is 0.222 e. The summed E-state index contributed by atoms with van der Waals surface area (Å²) in [5.74, 6) is 0.306. The molecule has 0 aromatic carbocycles. The van der Waals surface area contributed by atoms with Crippen LogP contribution in [0.25, 0.3) is 0 Å². The van der Waals surface area contributed by atoms with Gasteiger partial charge in [0.05, 0.1) is 0 Å². The van der Waals surface area contributed by atoms with Gasteiger partial charge in [-0.25, -0.2) is 0 Å². The molecule has 0 aromatic rings. The van der Waals surface area contributed by atoms with Crippen molar-refractivity contribution in [2.24, 2.45) is 0 Å². The van der Waals surface area contributed by atoms with Crippen LogP contribution in [0.2, 0.25) is 0 Å². The molecule has 0 saturated carbocycles. The van der Waals surface area contributed by atoms with Crippen molar-refractivity contribution in [3.05, 3.63) is 12.2 Å². The number of likely N-dealkylation sites (tertiary alicyclic amines) is 1. The predicted octanol–water partition coefficient (Wildman–Crippen LogP) is 1.70. The van der Waals surface area contributed by atoms with Crippen LogP contribution in [0.3, 0.4) is 0 Å². The second-order valence-electron chi connectivity index (χ2n) is 4.82. The normalized spacial score (nSPS) is 22.9. The quantitative estimate of drug-likeness (QED) is 0.737. The summed E-state index contributed by atoms with van der Waals surface area (Å²) in [5.41, 5.74) is 0. The number of hydrogen-bond acceptors (Lipinski definition) is 2. The molecule has 2 aliphatic rings. The van der Waals surface area contributed by atoms with Crippen molar-refractivity contribution in [2.45, 2.75) is 51.1 Å². The SMILES string of the molecule is CCC(=O)N1CCC(NC2CC=CC2)CC1. The monoisotopic (exact) mass is 222 g/mol. The molecule has 1 saturated heterocycles. The van der Waals surface area contributed by atoms with Gasteiger partial charge in [-0.05, 0) is 25.7 Å². The van der Waals surface area contributed by atoms with Crippen molar-refractivity contribution in [2.75, 3.05) is 13.1 Å². The molecule has 1 aliphatic heterocycles. The first-order chi connectivity index (χ1) is 7.79. The first-order valence-corrected chi connectivity index (χ1v) is 6.48. The van der Waals surface area contributed by atoms with E-state index in [9.17, 15) is 4.79 Å². The van der Waals surface area contributed by atoms with Crippen molar-refractivity contribution < 1.29 is 4.79 Å². The predicted molar refractivity (Wildman–Crippen MR) is 65.2 cm³/mol. The van der Waals surface area contributed by atoms with Gasteiger partial charge in [0.25, 0.3) is 0 Å². The minimum absolute atomic E-state index is 0.306. The van der Waals surface area contributed by atoms with Gasteiger partial charge in [0.1, 0.15) is 0 Å². The van der Waals surface area contributed by atoms with Gasteiger partial charge < -0.3 is 10.2 Å². The van der Waals surface area contributed by atoms with Gasteiger partial charge in [0.2, 0.25) is 5.91 Å². The molecule has 0 bridgehead atoms. The van der Waals surface area contributed by atoms with Gasteiger partial charge in [0.15, 0.2) is 0 Å². The Bertz CT molecular complexity index is 259. The molecule has 0 atom stereocenters. The Morgan fingerprint density at radius 2 is 1.88 bits per heavy atom. The summed E-state index contributed by atoms with van der Waals surface area (Å²) in [4.78, 5) is 13.5. The zero-order valence-corrected chi connectivity index (χ0v) is 10.1. The van der Waals surface area contributed by atoms with Crippen molar-refractivity contribution in [3.63, 3.8) is 0 Å². The third-order valence-corrected chi connectivity index (χ3v) is 3.63. The number of nitrogens with zero attached hydrogens (tertiary/aromatic N) is 1. The lowest BCUT2D eigenvalue weighted by Gasteiger charge is -2.33. The summed E-state index contributed by atoms with van der Waals surface area (Å²) in [5, 5.41) is 3.69. The van der Waals surface area contributed by atoms with Crippen molar-refractivity contribution in [1.29, 1.82) is 0 Å². The zero-order chi connectivity index (χ0) is 11.4. The number of carbonyl (C=O) groups excluding carboxylic acids is 1. The van der Waals surface area contributed by atoms with Crippen LogP contribution in [-0.4, -0.2) is 36.0 Å². The summed E-state index contributed by atoms with van der Waals surface area (Å²) in [6, 6.07) is 1.27. The van der Waals surface area contributed by atoms with Crippen molar-refractivity contribution in [3.8, 4) is 0 Å². The largest absolute Gasteiger partial charge is 0.343 e. The van der Waals surface area contributed by atoms with E-state index in [0.29, 0.717) is 24.4 Å². The highest BCUT2D eigenvalue weighted by atomic mass is 16.2. The number of carbonyl (C=O) groups is 1. The second-order valence-corrected chi connectivity index (χ2v) is 4.82. The third kappa shape index (κ3) is 2.85. The van der Waals surface area contributed by atoms with Crippen LogP contribution in [0.4, 0.5) is 0 Å². The summed E-state index contributed by atoms with van der Waals surface area (Å²) >= 11 is 0. The highest BCUT2D eigenvalue weighted by molar-refractivity contribution is 5.75. The van der Waals surface area contributed by atoms with Gasteiger partial charge in [-0.1, -0.05) is 19.1 Å². The number of amides is 1. The molecular weight excluding hydrogens is 200 g/mol.